The van der Waals surface area contributed by atoms with Gasteiger partial charge in [-0.1, -0.05) is 30.3 Å². The molecule has 2 saturated heterocycles. The number of rotatable bonds is 3. The third-order valence-electron chi connectivity index (χ3n) is 6.07. The molecule has 3 heterocycles. The summed E-state index contributed by atoms with van der Waals surface area (Å²) in [6.07, 6.45) is 3.92. The number of benzene rings is 1. The van der Waals surface area contributed by atoms with Crippen molar-refractivity contribution in [3.63, 3.8) is 0 Å². The topological polar surface area (TPSA) is 61.6 Å². The number of likely N-dealkylation sites (N-methyl/N-ethyl adjacent to an activating group) is 1. The van der Waals surface area contributed by atoms with E-state index in [9.17, 15) is 9.90 Å². The van der Waals surface area contributed by atoms with E-state index in [0.29, 0.717) is 13.0 Å². The Bertz CT molecular complexity index is 809. The highest BCUT2D eigenvalue weighted by Gasteiger charge is 2.47. The van der Waals surface area contributed by atoms with Crippen molar-refractivity contribution < 1.29 is 9.90 Å². The number of nitrogens with zero attached hydrogens (tertiary/aromatic N) is 4. The molecule has 1 N–H and O–H groups in total. The molecule has 144 valence electrons. The lowest BCUT2D eigenvalue weighted by molar-refractivity contribution is -0.154. The summed E-state index contributed by atoms with van der Waals surface area (Å²) < 4.78 is 1.87. The van der Waals surface area contributed by atoms with Crippen molar-refractivity contribution in [2.75, 3.05) is 26.7 Å². The second-order valence-electron chi connectivity index (χ2n) is 8.14. The normalized spacial score (nSPS) is 23.1. The minimum absolute atomic E-state index is 0.207. The van der Waals surface area contributed by atoms with E-state index >= 15 is 0 Å². The minimum Gasteiger partial charge on any atom is -0.391 e. The zero-order valence-electron chi connectivity index (χ0n) is 16.1. The molecule has 2 aliphatic heterocycles. The number of aliphatic hydroxyl groups is 1. The van der Waals surface area contributed by atoms with E-state index in [4.69, 9.17) is 0 Å². The maximum absolute atomic E-state index is 12.7. The molecule has 6 nitrogen and oxygen atoms in total. The number of carbonyl (C=O) groups is 1. The highest BCUT2D eigenvalue weighted by Crippen LogP contribution is 2.41. The second kappa shape index (κ2) is 7.09. The standard InChI is InChI=1S/C21H28N4O2/c1-23-15-18(26)12-21(20(23)27)8-10-25(11-9-21)14-17-13-24(2)22-19(17)16-6-4-3-5-7-16/h3-7,13,18,26H,8-12,14-15H2,1-2H3. The molecule has 27 heavy (non-hydrogen) atoms. The Morgan fingerprint density at radius 2 is 1.89 bits per heavy atom. The van der Waals surface area contributed by atoms with Gasteiger partial charge >= 0.3 is 0 Å². The third kappa shape index (κ3) is 3.51. The van der Waals surface area contributed by atoms with Crippen molar-refractivity contribution in [1.29, 1.82) is 0 Å². The van der Waals surface area contributed by atoms with Crippen LogP contribution in [0.15, 0.2) is 36.5 Å². The van der Waals surface area contributed by atoms with Crippen LogP contribution in [0.5, 0.6) is 0 Å². The molecule has 1 spiro atoms. The summed E-state index contributed by atoms with van der Waals surface area (Å²) in [6, 6.07) is 10.3. The molecular weight excluding hydrogens is 340 g/mol. The van der Waals surface area contributed by atoms with E-state index in [0.717, 1.165) is 43.7 Å². The lowest BCUT2D eigenvalue weighted by Crippen LogP contribution is -2.56. The SMILES string of the molecule is CN1CC(O)CC2(CCN(Cc3cn(C)nc3-c3ccccc3)CC2)C1=O. The molecule has 1 amide bonds. The predicted molar refractivity (Wildman–Crippen MR) is 104 cm³/mol. The van der Waals surface area contributed by atoms with Crippen LogP contribution in [0.2, 0.25) is 0 Å². The van der Waals surface area contributed by atoms with E-state index in [-0.39, 0.29) is 11.3 Å². The van der Waals surface area contributed by atoms with Gasteiger partial charge in [0.25, 0.3) is 0 Å². The van der Waals surface area contributed by atoms with Crippen LogP contribution in [0.4, 0.5) is 0 Å². The summed E-state index contributed by atoms with van der Waals surface area (Å²) in [5.41, 5.74) is 3.00. The molecule has 6 heteroatoms. The van der Waals surface area contributed by atoms with Crippen LogP contribution in [0, 0.1) is 5.41 Å². The molecular formula is C21H28N4O2. The van der Waals surface area contributed by atoms with Crippen LogP contribution in [0.3, 0.4) is 0 Å². The largest absolute Gasteiger partial charge is 0.391 e. The Hall–Kier alpha value is -2.18. The van der Waals surface area contributed by atoms with Crippen molar-refractivity contribution in [2.24, 2.45) is 12.5 Å². The maximum Gasteiger partial charge on any atom is 0.228 e. The molecule has 1 atom stereocenters. The quantitative estimate of drug-likeness (QED) is 0.899. The number of hydrogen-bond donors (Lipinski definition) is 1. The number of amides is 1. The van der Waals surface area contributed by atoms with Crippen LogP contribution in [-0.4, -0.2) is 63.4 Å². The van der Waals surface area contributed by atoms with Gasteiger partial charge in [0.15, 0.2) is 0 Å². The van der Waals surface area contributed by atoms with Crippen molar-refractivity contribution in [3.05, 3.63) is 42.1 Å². The molecule has 1 aromatic carbocycles. The summed E-state index contributed by atoms with van der Waals surface area (Å²) in [7, 11) is 3.76. The number of piperidine rings is 2. The molecule has 4 rings (SSSR count). The van der Waals surface area contributed by atoms with Crippen LogP contribution in [-0.2, 0) is 18.4 Å². The molecule has 2 aliphatic rings. The zero-order chi connectivity index (χ0) is 19.0. The summed E-state index contributed by atoms with van der Waals surface area (Å²) in [5.74, 6) is 0.207. The van der Waals surface area contributed by atoms with Gasteiger partial charge in [-0.15, -0.1) is 0 Å². The summed E-state index contributed by atoms with van der Waals surface area (Å²) in [5, 5.41) is 14.8. The van der Waals surface area contributed by atoms with Gasteiger partial charge in [0.05, 0.1) is 17.2 Å². The summed E-state index contributed by atoms with van der Waals surface area (Å²) in [6.45, 7) is 3.03. The van der Waals surface area contributed by atoms with E-state index in [2.05, 4.69) is 28.3 Å². The molecule has 0 bridgehead atoms. The monoisotopic (exact) mass is 368 g/mol. The smallest absolute Gasteiger partial charge is 0.228 e. The number of β-amino-alcohol motifs (C(OH)–C–C–N with tert-alkyl or cyclic N) is 1. The molecule has 0 radical (unpaired) electrons. The summed E-state index contributed by atoms with van der Waals surface area (Å²) >= 11 is 0. The third-order valence-corrected chi connectivity index (χ3v) is 6.07. The van der Waals surface area contributed by atoms with Gasteiger partial charge in [0.2, 0.25) is 5.91 Å². The Kier molecular flexibility index (Phi) is 4.78. The summed E-state index contributed by atoms with van der Waals surface area (Å²) in [4.78, 5) is 16.9. The average molecular weight is 368 g/mol. The van der Waals surface area contributed by atoms with E-state index in [1.165, 1.54) is 5.56 Å². The highest BCUT2D eigenvalue weighted by molar-refractivity contribution is 5.83. The van der Waals surface area contributed by atoms with Crippen molar-refractivity contribution in [1.82, 2.24) is 19.6 Å². The molecule has 0 saturated carbocycles. The molecule has 2 fully saturated rings. The Balaban J connectivity index is 1.47. The van der Waals surface area contributed by atoms with Crippen LogP contribution < -0.4 is 0 Å². The van der Waals surface area contributed by atoms with Gasteiger partial charge in [-0.05, 0) is 32.4 Å². The fourth-order valence-electron chi connectivity index (χ4n) is 4.70. The average Bonchev–Trinajstić information content (AvgIpc) is 3.02. The lowest BCUT2D eigenvalue weighted by atomic mass is 9.71. The minimum atomic E-state index is -0.401. The first kappa shape index (κ1) is 18.2. The zero-order valence-corrected chi connectivity index (χ0v) is 16.1. The van der Waals surface area contributed by atoms with Gasteiger partial charge < -0.3 is 10.0 Å². The number of hydrogen-bond acceptors (Lipinski definition) is 4. The molecule has 0 aliphatic carbocycles. The van der Waals surface area contributed by atoms with Gasteiger partial charge in [-0.2, -0.15) is 5.10 Å². The highest BCUT2D eigenvalue weighted by atomic mass is 16.3. The van der Waals surface area contributed by atoms with Gasteiger partial charge in [0.1, 0.15) is 0 Å². The van der Waals surface area contributed by atoms with Crippen molar-refractivity contribution in [2.45, 2.75) is 31.9 Å². The Morgan fingerprint density at radius 1 is 1.19 bits per heavy atom. The number of likely N-dealkylation sites (tertiary alicyclic amines) is 2. The Morgan fingerprint density at radius 3 is 2.59 bits per heavy atom. The lowest BCUT2D eigenvalue weighted by Gasteiger charge is -2.47. The van der Waals surface area contributed by atoms with Gasteiger partial charge in [-0.3, -0.25) is 14.4 Å². The molecule has 2 aromatic rings. The predicted octanol–water partition coefficient (Wildman–Crippen LogP) is 1.89. The number of carbonyl (C=O) groups excluding carboxylic acids is 1. The molecule has 1 unspecified atom stereocenters. The second-order valence-corrected chi connectivity index (χ2v) is 8.14. The van der Waals surface area contributed by atoms with E-state index in [1.54, 1.807) is 11.9 Å². The first-order valence-corrected chi connectivity index (χ1v) is 9.71. The maximum atomic E-state index is 12.7. The first-order chi connectivity index (χ1) is 13.0. The fraction of sp³-hybridized carbons (Fsp3) is 0.524. The van der Waals surface area contributed by atoms with Crippen LogP contribution in [0.1, 0.15) is 24.8 Å². The van der Waals surface area contributed by atoms with Gasteiger partial charge in [0, 0.05) is 44.5 Å². The van der Waals surface area contributed by atoms with E-state index < -0.39 is 6.10 Å². The van der Waals surface area contributed by atoms with E-state index in [1.807, 2.05) is 29.9 Å². The van der Waals surface area contributed by atoms with Crippen LogP contribution in [0.25, 0.3) is 11.3 Å². The Labute approximate surface area is 160 Å². The number of aryl methyl sites for hydroxylation is 1. The van der Waals surface area contributed by atoms with Crippen molar-refractivity contribution >= 4 is 5.91 Å². The fourth-order valence-corrected chi connectivity index (χ4v) is 4.70. The number of aromatic nitrogens is 2. The van der Waals surface area contributed by atoms with Crippen molar-refractivity contribution in [3.8, 4) is 11.3 Å². The first-order valence-electron chi connectivity index (χ1n) is 9.71. The molecule has 1 aromatic heterocycles. The van der Waals surface area contributed by atoms with Gasteiger partial charge in [-0.25, -0.2) is 0 Å². The number of aliphatic hydroxyl groups excluding tert-OH is 1. The van der Waals surface area contributed by atoms with Crippen LogP contribution >= 0.6 is 0 Å².